The molecule has 0 saturated carbocycles. The number of amides is 1. The first-order valence-corrected chi connectivity index (χ1v) is 8.39. The Hall–Kier alpha value is -3.82. The number of para-hydroxylation sites is 1. The molecule has 29 heavy (non-hydrogen) atoms. The SMILES string of the molecule is C/C(=N/N=C(N)N)c1ccc(NC(=O)c2cc3cccc(C(F)(F)F)c3[nH]2)cc1. The van der Waals surface area contributed by atoms with E-state index >= 15 is 0 Å². The van der Waals surface area contributed by atoms with E-state index in [0.29, 0.717) is 16.8 Å². The van der Waals surface area contributed by atoms with Crippen LogP contribution in [0.1, 0.15) is 28.5 Å². The van der Waals surface area contributed by atoms with Crippen LogP contribution in [0.2, 0.25) is 0 Å². The van der Waals surface area contributed by atoms with Crippen molar-refractivity contribution in [2.75, 3.05) is 5.32 Å². The molecular formula is C19H17F3N6O. The van der Waals surface area contributed by atoms with Crippen LogP contribution < -0.4 is 16.8 Å². The first-order chi connectivity index (χ1) is 13.6. The molecular weight excluding hydrogens is 385 g/mol. The van der Waals surface area contributed by atoms with E-state index in [9.17, 15) is 18.0 Å². The standard InChI is InChI=1S/C19H17F3N6O/c1-10(27-28-18(23)24)11-5-7-13(8-6-11)25-17(29)15-9-12-3-2-4-14(16(12)26-15)19(20,21)22/h2-9,26H,1H3,(H,25,29)(H4,23,24,28)/b27-10-. The van der Waals surface area contributed by atoms with Crippen molar-refractivity contribution in [2.24, 2.45) is 21.7 Å². The van der Waals surface area contributed by atoms with Gasteiger partial charge in [0.25, 0.3) is 5.91 Å². The number of benzene rings is 2. The van der Waals surface area contributed by atoms with Crippen molar-refractivity contribution < 1.29 is 18.0 Å². The minimum atomic E-state index is -4.52. The summed E-state index contributed by atoms with van der Waals surface area (Å²) in [6.45, 7) is 1.71. The van der Waals surface area contributed by atoms with Gasteiger partial charge >= 0.3 is 6.18 Å². The van der Waals surface area contributed by atoms with E-state index in [1.165, 1.54) is 18.2 Å². The van der Waals surface area contributed by atoms with Crippen molar-refractivity contribution in [1.29, 1.82) is 0 Å². The summed E-state index contributed by atoms with van der Waals surface area (Å²) in [4.78, 5) is 15.0. The summed E-state index contributed by atoms with van der Waals surface area (Å²) in [7, 11) is 0. The molecule has 0 aliphatic rings. The highest BCUT2D eigenvalue weighted by atomic mass is 19.4. The van der Waals surface area contributed by atoms with Gasteiger partial charge in [0.05, 0.1) is 16.8 Å². The number of carbonyl (C=O) groups excluding carboxylic acids is 1. The molecule has 1 amide bonds. The molecule has 0 spiro atoms. The van der Waals surface area contributed by atoms with Crippen molar-refractivity contribution in [3.8, 4) is 0 Å². The van der Waals surface area contributed by atoms with Gasteiger partial charge in [-0.15, -0.1) is 5.10 Å². The minimum absolute atomic E-state index is 0.0197. The molecule has 3 rings (SSSR count). The van der Waals surface area contributed by atoms with Gasteiger partial charge in [0.1, 0.15) is 5.69 Å². The number of guanidine groups is 1. The van der Waals surface area contributed by atoms with E-state index in [0.717, 1.165) is 11.6 Å². The summed E-state index contributed by atoms with van der Waals surface area (Å²) in [5, 5.41) is 10.4. The van der Waals surface area contributed by atoms with Crippen LogP contribution in [0.3, 0.4) is 0 Å². The molecule has 1 heterocycles. The molecule has 150 valence electrons. The lowest BCUT2D eigenvalue weighted by Crippen LogP contribution is -2.22. The molecule has 6 N–H and O–H groups in total. The monoisotopic (exact) mass is 402 g/mol. The van der Waals surface area contributed by atoms with Crippen molar-refractivity contribution >= 4 is 34.2 Å². The van der Waals surface area contributed by atoms with Crippen molar-refractivity contribution in [3.63, 3.8) is 0 Å². The van der Waals surface area contributed by atoms with Gasteiger partial charge in [0, 0.05) is 11.1 Å². The lowest BCUT2D eigenvalue weighted by molar-refractivity contribution is -0.136. The Morgan fingerprint density at radius 3 is 2.38 bits per heavy atom. The fourth-order valence-electron chi connectivity index (χ4n) is 2.70. The van der Waals surface area contributed by atoms with E-state index in [-0.39, 0.29) is 17.2 Å². The third-order valence-electron chi connectivity index (χ3n) is 4.08. The number of anilines is 1. The number of aromatic nitrogens is 1. The fourth-order valence-corrected chi connectivity index (χ4v) is 2.70. The van der Waals surface area contributed by atoms with E-state index < -0.39 is 17.6 Å². The molecule has 0 unspecified atom stereocenters. The van der Waals surface area contributed by atoms with Gasteiger partial charge in [-0.2, -0.15) is 18.3 Å². The van der Waals surface area contributed by atoms with E-state index in [1.807, 2.05) is 0 Å². The van der Waals surface area contributed by atoms with Crippen LogP contribution in [0.25, 0.3) is 10.9 Å². The molecule has 1 aromatic heterocycles. The van der Waals surface area contributed by atoms with Gasteiger partial charge < -0.3 is 21.8 Å². The van der Waals surface area contributed by atoms with Gasteiger partial charge in [0.2, 0.25) is 5.96 Å². The normalized spacial score (nSPS) is 12.1. The predicted molar refractivity (Wildman–Crippen MR) is 106 cm³/mol. The molecule has 3 aromatic rings. The first-order valence-electron chi connectivity index (χ1n) is 8.39. The number of halogens is 3. The Morgan fingerprint density at radius 2 is 1.76 bits per heavy atom. The van der Waals surface area contributed by atoms with Crippen LogP contribution in [0, 0.1) is 0 Å². The number of nitrogens with zero attached hydrogens (tertiary/aromatic N) is 2. The molecule has 0 saturated heterocycles. The Kier molecular flexibility index (Phi) is 5.26. The molecule has 0 radical (unpaired) electrons. The zero-order valence-electron chi connectivity index (χ0n) is 15.2. The third-order valence-corrected chi connectivity index (χ3v) is 4.08. The number of nitrogens with two attached hydrogens (primary N) is 2. The highest BCUT2D eigenvalue weighted by Crippen LogP contribution is 2.34. The van der Waals surface area contributed by atoms with Gasteiger partial charge in [0.15, 0.2) is 0 Å². The van der Waals surface area contributed by atoms with E-state index in [1.54, 1.807) is 31.2 Å². The van der Waals surface area contributed by atoms with E-state index in [2.05, 4.69) is 20.5 Å². The highest BCUT2D eigenvalue weighted by molar-refractivity contribution is 6.06. The number of H-pyrrole nitrogens is 1. The van der Waals surface area contributed by atoms with Crippen LogP contribution >= 0.6 is 0 Å². The zero-order valence-corrected chi connectivity index (χ0v) is 15.2. The van der Waals surface area contributed by atoms with Crippen LogP contribution in [-0.2, 0) is 6.18 Å². The number of nitrogens with one attached hydrogen (secondary N) is 2. The number of rotatable bonds is 4. The number of hydrogen-bond acceptors (Lipinski definition) is 3. The Labute approximate surface area is 163 Å². The van der Waals surface area contributed by atoms with Gasteiger partial charge in [-0.25, -0.2) is 0 Å². The van der Waals surface area contributed by atoms with Crippen LogP contribution in [0.4, 0.5) is 18.9 Å². The molecule has 2 aromatic carbocycles. The van der Waals surface area contributed by atoms with Crippen LogP contribution in [0.15, 0.2) is 58.7 Å². The average molecular weight is 402 g/mol. The van der Waals surface area contributed by atoms with Crippen LogP contribution in [-0.4, -0.2) is 22.6 Å². The molecule has 0 aliphatic carbocycles. The minimum Gasteiger partial charge on any atom is -0.369 e. The summed E-state index contributed by atoms with van der Waals surface area (Å²) < 4.78 is 39.4. The van der Waals surface area contributed by atoms with E-state index in [4.69, 9.17) is 11.5 Å². The molecule has 7 nitrogen and oxygen atoms in total. The number of aromatic amines is 1. The fraction of sp³-hybridized carbons (Fsp3) is 0.105. The Balaban J connectivity index is 1.80. The predicted octanol–water partition coefficient (Wildman–Crippen LogP) is 3.44. The molecule has 10 heteroatoms. The quantitative estimate of drug-likeness (QED) is 0.304. The highest BCUT2D eigenvalue weighted by Gasteiger charge is 2.33. The summed E-state index contributed by atoms with van der Waals surface area (Å²) in [5.41, 5.74) is 11.3. The molecule has 0 atom stereocenters. The summed E-state index contributed by atoms with van der Waals surface area (Å²) in [5.74, 6) is -0.729. The number of alkyl halides is 3. The maximum absolute atomic E-state index is 13.1. The summed E-state index contributed by atoms with van der Waals surface area (Å²) in [6.07, 6.45) is -4.52. The van der Waals surface area contributed by atoms with Crippen LogP contribution in [0.5, 0.6) is 0 Å². The number of fused-ring (bicyclic) bond motifs is 1. The van der Waals surface area contributed by atoms with Crippen molar-refractivity contribution in [2.45, 2.75) is 13.1 Å². The zero-order chi connectivity index (χ0) is 21.2. The van der Waals surface area contributed by atoms with Gasteiger partial charge in [-0.05, 0) is 36.8 Å². The molecule has 0 fully saturated rings. The first kappa shape index (κ1) is 19.9. The van der Waals surface area contributed by atoms with Gasteiger partial charge in [-0.1, -0.05) is 24.3 Å². The number of hydrogen-bond donors (Lipinski definition) is 4. The second kappa shape index (κ2) is 7.66. The topological polar surface area (TPSA) is 122 Å². The van der Waals surface area contributed by atoms with Gasteiger partial charge in [-0.3, -0.25) is 4.79 Å². The summed E-state index contributed by atoms with van der Waals surface area (Å²) in [6, 6.07) is 11.8. The summed E-state index contributed by atoms with van der Waals surface area (Å²) >= 11 is 0. The Bertz CT molecular complexity index is 1110. The molecule has 0 bridgehead atoms. The maximum Gasteiger partial charge on any atom is 0.418 e. The Morgan fingerprint density at radius 1 is 1.07 bits per heavy atom. The molecule has 0 aliphatic heterocycles. The second-order valence-corrected chi connectivity index (χ2v) is 6.19. The lowest BCUT2D eigenvalue weighted by Gasteiger charge is -2.07. The largest absolute Gasteiger partial charge is 0.418 e. The maximum atomic E-state index is 13.1. The lowest BCUT2D eigenvalue weighted by atomic mass is 10.1. The number of carbonyl (C=O) groups is 1. The smallest absolute Gasteiger partial charge is 0.369 e. The third kappa shape index (κ3) is 4.54. The van der Waals surface area contributed by atoms with Crippen molar-refractivity contribution in [3.05, 3.63) is 65.4 Å². The second-order valence-electron chi connectivity index (χ2n) is 6.19. The van der Waals surface area contributed by atoms with Crippen molar-refractivity contribution in [1.82, 2.24) is 4.98 Å². The average Bonchev–Trinajstić information content (AvgIpc) is 3.10.